The van der Waals surface area contributed by atoms with Crippen LogP contribution in [-0.2, 0) is 0 Å². The number of aliphatic hydroxyl groups excluding tert-OH is 1. The molecule has 0 heterocycles. The summed E-state index contributed by atoms with van der Waals surface area (Å²) in [4.78, 5) is 0. The number of hydrogen-bond acceptors (Lipinski definition) is 1. The van der Waals surface area contributed by atoms with Gasteiger partial charge in [0.15, 0.2) is 0 Å². The minimum atomic E-state index is -0.120. The van der Waals surface area contributed by atoms with Crippen LogP contribution in [0.5, 0.6) is 0 Å². The van der Waals surface area contributed by atoms with Gasteiger partial charge in [-0.1, -0.05) is 0 Å². The van der Waals surface area contributed by atoms with Crippen molar-refractivity contribution < 1.29 is 5.11 Å². The molecule has 0 fully saturated rings. The molecule has 1 N–H and O–H groups in total. The summed E-state index contributed by atoms with van der Waals surface area (Å²) in [7, 11) is 0. The van der Waals surface area contributed by atoms with Gasteiger partial charge in [0.25, 0.3) is 0 Å². The first-order valence-electron chi connectivity index (χ1n) is 7.77. The maximum atomic E-state index is 10.3. The summed E-state index contributed by atoms with van der Waals surface area (Å²) in [5, 5.41) is 10.3. The van der Waals surface area contributed by atoms with E-state index >= 15 is 0 Å². The standard InChI is InChI=1S/C16H32OTe/c1-4-7-10-11-13-16(18-14-9-6-3)15(17)12-8-5-2/h13,15,17H,4-12,14H2,1-3H3/b16-13-. The Labute approximate surface area is 125 Å². The zero-order chi connectivity index (χ0) is 13.6. The van der Waals surface area contributed by atoms with E-state index < -0.39 is 0 Å². The molecule has 0 amide bonds. The van der Waals surface area contributed by atoms with E-state index in [0.29, 0.717) is 0 Å². The fourth-order valence-electron chi connectivity index (χ4n) is 1.80. The third-order valence-electron chi connectivity index (χ3n) is 3.08. The number of hydrogen-bond donors (Lipinski definition) is 1. The molecule has 0 aliphatic rings. The summed E-state index contributed by atoms with van der Waals surface area (Å²) in [6, 6.07) is 0. The van der Waals surface area contributed by atoms with Gasteiger partial charge in [0, 0.05) is 0 Å². The van der Waals surface area contributed by atoms with Gasteiger partial charge in [0.1, 0.15) is 0 Å². The van der Waals surface area contributed by atoms with Gasteiger partial charge >= 0.3 is 125 Å². The Balaban J connectivity index is 4.12. The summed E-state index contributed by atoms with van der Waals surface area (Å²) < 4.78 is 2.81. The SMILES string of the molecule is CCCCC/C=C(\[Te]CCCC)C(O)CCCC. The summed E-state index contributed by atoms with van der Waals surface area (Å²) in [5.74, 6) is 0. The molecule has 0 aromatic heterocycles. The Kier molecular flexibility index (Phi) is 14.3. The van der Waals surface area contributed by atoms with Gasteiger partial charge in [0.05, 0.1) is 0 Å². The van der Waals surface area contributed by atoms with Gasteiger partial charge in [-0.2, -0.15) is 0 Å². The van der Waals surface area contributed by atoms with Crippen molar-refractivity contribution in [2.75, 3.05) is 0 Å². The molecule has 0 aliphatic carbocycles. The van der Waals surface area contributed by atoms with Crippen molar-refractivity contribution in [3.05, 3.63) is 9.70 Å². The van der Waals surface area contributed by atoms with Crippen LogP contribution in [0, 0.1) is 0 Å². The van der Waals surface area contributed by atoms with Gasteiger partial charge in [0.2, 0.25) is 0 Å². The van der Waals surface area contributed by atoms with Crippen molar-refractivity contribution in [3.8, 4) is 0 Å². The van der Waals surface area contributed by atoms with Crippen LogP contribution in [-0.4, -0.2) is 32.1 Å². The Morgan fingerprint density at radius 3 is 2.28 bits per heavy atom. The van der Waals surface area contributed by atoms with E-state index in [1.807, 2.05) is 0 Å². The average Bonchev–Trinajstić information content (AvgIpc) is 2.39. The second kappa shape index (κ2) is 13.9. The fourth-order valence-corrected chi connectivity index (χ4v) is 5.27. The van der Waals surface area contributed by atoms with Crippen molar-refractivity contribution in [1.82, 2.24) is 0 Å². The topological polar surface area (TPSA) is 20.2 Å². The molecule has 18 heavy (non-hydrogen) atoms. The van der Waals surface area contributed by atoms with Crippen molar-refractivity contribution in [3.63, 3.8) is 0 Å². The van der Waals surface area contributed by atoms with Crippen molar-refractivity contribution in [2.24, 2.45) is 0 Å². The second-order valence-corrected chi connectivity index (χ2v) is 8.30. The van der Waals surface area contributed by atoms with E-state index in [4.69, 9.17) is 0 Å². The molecule has 0 saturated carbocycles. The second-order valence-electron chi connectivity index (χ2n) is 4.96. The van der Waals surface area contributed by atoms with Crippen LogP contribution in [0.1, 0.15) is 78.6 Å². The summed E-state index contributed by atoms with van der Waals surface area (Å²) in [6.07, 6.45) is 13.3. The Morgan fingerprint density at radius 1 is 1.00 bits per heavy atom. The third-order valence-corrected chi connectivity index (χ3v) is 6.69. The molecule has 1 nitrogen and oxygen atoms in total. The summed E-state index contributed by atoms with van der Waals surface area (Å²) >= 11 is -0.102. The van der Waals surface area contributed by atoms with E-state index in [1.54, 1.807) is 0 Å². The first-order valence-corrected chi connectivity index (χ1v) is 10.6. The van der Waals surface area contributed by atoms with E-state index in [0.717, 1.165) is 12.8 Å². The number of allylic oxidation sites excluding steroid dienone is 1. The molecule has 0 spiro atoms. The molecule has 1 unspecified atom stereocenters. The van der Waals surface area contributed by atoms with Crippen LogP contribution in [0.3, 0.4) is 0 Å². The monoisotopic (exact) mass is 370 g/mol. The van der Waals surface area contributed by atoms with Gasteiger partial charge in [-0.3, -0.25) is 0 Å². The maximum absolute atomic E-state index is 10.3. The van der Waals surface area contributed by atoms with Crippen LogP contribution in [0.25, 0.3) is 0 Å². The van der Waals surface area contributed by atoms with E-state index in [9.17, 15) is 5.11 Å². The fraction of sp³-hybridized carbons (Fsp3) is 0.875. The van der Waals surface area contributed by atoms with Crippen LogP contribution >= 0.6 is 0 Å². The van der Waals surface area contributed by atoms with Crippen LogP contribution in [0.15, 0.2) is 9.70 Å². The molecule has 0 aliphatic heterocycles. The van der Waals surface area contributed by atoms with Gasteiger partial charge in [-0.25, -0.2) is 0 Å². The number of rotatable bonds is 12. The molecule has 2 heteroatoms. The first kappa shape index (κ1) is 18.5. The van der Waals surface area contributed by atoms with Crippen molar-refractivity contribution in [2.45, 2.75) is 89.1 Å². The molecule has 0 rings (SSSR count). The van der Waals surface area contributed by atoms with E-state index in [-0.39, 0.29) is 27.0 Å². The first-order chi connectivity index (χ1) is 8.76. The minimum absolute atomic E-state index is 0.102. The van der Waals surface area contributed by atoms with Crippen molar-refractivity contribution >= 4 is 20.9 Å². The molecular formula is C16H32OTe. The zero-order valence-corrected chi connectivity index (χ0v) is 14.9. The van der Waals surface area contributed by atoms with Crippen LogP contribution in [0.2, 0.25) is 4.47 Å². The van der Waals surface area contributed by atoms with Gasteiger partial charge in [-0.15, -0.1) is 0 Å². The zero-order valence-electron chi connectivity index (χ0n) is 12.6. The number of aliphatic hydroxyl groups is 1. The summed E-state index contributed by atoms with van der Waals surface area (Å²) in [5.41, 5.74) is 0. The van der Waals surface area contributed by atoms with Crippen LogP contribution < -0.4 is 0 Å². The Morgan fingerprint density at radius 2 is 1.67 bits per heavy atom. The molecule has 0 bridgehead atoms. The van der Waals surface area contributed by atoms with Gasteiger partial charge in [-0.05, 0) is 0 Å². The summed E-state index contributed by atoms with van der Waals surface area (Å²) in [6.45, 7) is 6.70. The van der Waals surface area contributed by atoms with E-state index in [2.05, 4.69) is 26.8 Å². The predicted molar refractivity (Wildman–Crippen MR) is 83.2 cm³/mol. The molecule has 0 aromatic rings. The third kappa shape index (κ3) is 10.4. The van der Waals surface area contributed by atoms with E-state index in [1.165, 1.54) is 53.0 Å². The van der Waals surface area contributed by atoms with Crippen LogP contribution in [0.4, 0.5) is 0 Å². The molecule has 1 atom stereocenters. The molecule has 0 aromatic carbocycles. The molecular weight excluding hydrogens is 336 g/mol. The predicted octanol–water partition coefficient (Wildman–Crippen LogP) is 4.92. The molecule has 0 radical (unpaired) electrons. The number of unbranched alkanes of at least 4 members (excludes halogenated alkanes) is 5. The molecule has 0 saturated heterocycles. The molecule has 108 valence electrons. The average molecular weight is 368 g/mol. The normalized spacial score (nSPS) is 13.9. The Bertz CT molecular complexity index is 201. The van der Waals surface area contributed by atoms with Gasteiger partial charge < -0.3 is 0 Å². The Hall–Kier alpha value is 0.490. The van der Waals surface area contributed by atoms with Crippen molar-refractivity contribution in [1.29, 1.82) is 0 Å². The quantitative estimate of drug-likeness (QED) is 0.383.